The molecule has 0 radical (unpaired) electrons. The number of rotatable bonds is 1. The number of anilines is 1. The maximum atomic E-state index is 5.59. The van der Waals surface area contributed by atoms with Gasteiger partial charge in [0.2, 0.25) is 0 Å². The van der Waals surface area contributed by atoms with Crippen LogP contribution in [0.25, 0.3) is 10.4 Å². The Morgan fingerprint density at radius 1 is 1.38 bits per heavy atom. The third-order valence-electron chi connectivity index (χ3n) is 1.66. The van der Waals surface area contributed by atoms with Crippen molar-refractivity contribution in [1.29, 1.82) is 0 Å². The van der Waals surface area contributed by atoms with Gasteiger partial charge in [-0.2, -0.15) is 0 Å². The number of hydrogen-bond acceptors (Lipinski definition) is 3. The number of thiophene rings is 1. The predicted molar refractivity (Wildman–Crippen MR) is 59.7 cm³/mol. The van der Waals surface area contributed by atoms with Gasteiger partial charge in [-0.3, -0.25) is 0 Å². The molecule has 2 aromatic heterocycles. The van der Waals surface area contributed by atoms with E-state index in [1.54, 1.807) is 17.5 Å². The number of halogens is 1. The number of nitrogen functional groups attached to an aromatic ring is 1. The number of pyridine rings is 1. The van der Waals surface area contributed by atoms with Gasteiger partial charge in [0, 0.05) is 15.5 Å². The summed E-state index contributed by atoms with van der Waals surface area (Å²) >= 11 is 5.16. The fraction of sp³-hybridized carbons (Fsp3) is 0. The number of nitrogens with zero attached hydrogens (tertiary/aromatic N) is 1. The summed E-state index contributed by atoms with van der Waals surface area (Å²) in [5, 5.41) is 2.04. The first-order chi connectivity index (χ1) is 6.27. The van der Waals surface area contributed by atoms with Gasteiger partial charge in [0.25, 0.3) is 0 Å². The topological polar surface area (TPSA) is 38.9 Å². The van der Waals surface area contributed by atoms with Crippen LogP contribution in [0.4, 0.5) is 5.82 Å². The second kappa shape index (κ2) is 3.47. The number of aromatic nitrogens is 1. The van der Waals surface area contributed by atoms with E-state index in [2.05, 4.69) is 20.9 Å². The fourth-order valence-electron chi connectivity index (χ4n) is 1.09. The molecule has 0 fully saturated rings. The smallest absolute Gasteiger partial charge is 0.123 e. The Morgan fingerprint density at radius 3 is 2.85 bits per heavy atom. The van der Waals surface area contributed by atoms with Crippen LogP contribution in [0.2, 0.25) is 0 Å². The van der Waals surface area contributed by atoms with Gasteiger partial charge < -0.3 is 5.73 Å². The van der Waals surface area contributed by atoms with Crippen LogP contribution in [0.1, 0.15) is 0 Å². The molecule has 2 N–H and O–H groups in total. The quantitative estimate of drug-likeness (QED) is 0.850. The van der Waals surface area contributed by atoms with Gasteiger partial charge in [0.05, 0.1) is 0 Å². The molecule has 0 aliphatic carbocycles. The molecule has 0 aliphatic rings. The molecular weight excluding hydrogens is 248 g/mol. The molecule has 0 atom stereocenters. The first-order valence-electron chi connectivity index (χ1n) is 3.72. The summed E-state index contributed by atoms with van der Waals surface area (Å²) in [4.78, 5) is 5.14. The van der Waals surface area contributed by atoms with E-state index in [4.69, 9.17) is 5.73 Å². The summed E-state index contributed by atoms with van der Waals surface area (Å²) < 4.78 is 1.10. The molecule has 0 saturated carbocycles. The van der Waals surface area contributed by atoms with E-state index < -0.39 is 0 Å². The van der Waals surface area contributed by atoms with E-state index in [0.29, 0.717) is 5.82 Å². The van der Waals surface area contributed by atoms with E-state index in [-0.39, 0.29) is 0 Å². The molecular formula is C9H7BrN2S. The minimum atomic E-state index is 0.554. The Labute approximate surface area is 88.6 Å². The molecule has 0 amide bonds. The molecule has 0 saturated heterocycles. The van der Waals surface area contributed by atoms with Crippen molar-refractivity contribution in [2.45, 2.75) is 0 Å². The van der Waals surface area contributed by atoms with Gasteiger partial charge in [-0.05, 0) is 45.1 Å². The van der Waals surface area contributed by atoms with E-state index in [0.717, 1.165) is 10.0 Å². The van der Waals surface area contributed by atoms with Crippen LogP contribution < -0.4 is 5.73 Å². The zero-order valence-electron chi connectivity index (χ0n) is 6.70. The van der Waals surface area contributed by atoms with Crippen LogP contribution in [0, 0.1) is 0 Å². The predicted octanol–water partition coefficient (Wildman–Crippen LogP) is 3.15. The Morgan fingerprint density at radius 2 is 2.23 bits per heavy atom. The SMILES string of the molecule is Nc1cc(-c2sccc2Br)ccn1. The van der Waals surface area contributed by atoms with E-state index in [1.165, 1.54) is 4.88 Å². The first-order valence-corrected chi connectivity index (χ1v) is 5.39. The largest absolute Gasteiger partial charge is 0.384 e. The Balaban J connectivity index is 2.53. The lowest BCUT2D eigenvalue weighted by atomic mass is 10.2. The van der Waals surface area contributed by atoms with E-state index >= 15 is 0 Å². The second-order valence-electron chi connectivity index (χ2n) is 2.57. The van der Waals surface area contributed by atoms with Crippen LogP contribution in [-0.2, 0) is 0 Å². The van der Waals surface area contributed by atoms with Gasteiger partial charge in [0.15, 0.2) is 0 Å². The summed E-state index contributed by atoms with van der Waals surface area (Å²) in [6.45, 7) is 0. The molecule has 0 spiro atoms. The molecule has 2 heterocycles. The monoisotopic (exact) mass is 254 g/mol. The second-order valence-corrected chi connectivity index (χ2v) is 4.34. The summed E-state index contributed by atoms with van der Waals surface area (Å²) in [5.74, 6) is 0.554. The van der Waals surface area contributed by atoms with E-state index in [1.807, 2.05) is 23.6 Å². The zero-order chi connectivity index (χ0) is 9.26. The highest BCUT2D eigenvalue weighted by molar-refractivity contribution is 9.10. The fourth-order valence-corrected chi connectivity index (χ4v) is 2.69. The normalized spacial score (nSPS) is 10.2. The van der Waals surface area contributed by atoms with Crippen LogP contribution in [-0.4, -0.2) is 4.98 Å². The Kier molecular flexibility index (Phi) is 2.33. The molecule has 0 unspecified atom stereocenters. The standard InChI is InChI=1S/C9H7BrN2S/c10-7-2-4-13-9(7)6-1-3-12-8(11)5-6/h1-5H,(H2,11,12). The van der Waals surface area contributed by atoms with Crippen molar-refractivity contribution >= 4 is 33.1 Å². The van der Waals surface area contributed by atoms with Gasteiger partial charge in [-0.15, -0.1) is 11.3 Å². The molecule has 13 heavy (non-hydrogen) atoms. The third kappa shape index (κ3) is 1.73. The summed E-state index contributed by atoms with van der Waals surface area (Å²) in [7, 11) is 0. The summed E-state index contributed by atoms with van der Waals surface area (Å²) in [6, 6.07) is 5.85. The maximum Gasteiger partial charge on any atom is 0.123 e. The van der Waals surface area contributed by atoms with Crippen LogP contribution >= 0.6 is 27.3 Å². The van der Waals surface area contributed by atoms with Gasteiger partial charge in [-0.1, -0.05) is 0 Å². The average Bonchev–Trinajstić information content (AvgIpc) is 2.51. The van der Waals surface area contributed by atoms with Crippen LogP contribution in [0.3, 0.4) is 0 Å². The third-order valence-corrected chi connectivity index (χ3v) is 3.55. The zero-order valence-corrected chi connectivity index (χ0v) is 9.10. The molecule has 2 rings (SSSR count). The number of nitrogens with two attached hydrogens (primary N) is 1. The van der Waals surface area contributed by atoms with Crippen molar-refractivity contribution in [3.63, 3.8) is 0 Å². The van der Waals surface area contributed by atoms with Gasteiger partial charge in [0.1, 0.15) is 5.82 Å². The van der Waals surface area contributed by atoms with Gasteiger partial charge in [-0.25, -0.2) is 4.98 Å². The molecule has 2 nitrogen and oxygen atoms in total. The molecule has 0 aromatic carbocycles. The lowest BCUT2D eigenvalue weighted by Crippen LogP contribution is -1.88. The number of hydrogen-bond donors (Lipinski definition) is 1. The average molecular weight is 255 g/mol. The lowest BCUT2D eigenvalue weighted by molar-refractivity contribution is 1.34. The summed E-state index contributed by atoms with van der Waals surface area (Å²) in [5.41, 5.74) is 6.70. The van der Waals surface area contributed by atoms with Crippen molar-refractivity contribution in [3.8, 4) is 10.4 Å². The molecule has 0 bridgehead atoms. The minimum Gasteiger partial charge on any atom is -0.384 e. The molecule has 2 aromatic rings. The van der Waals surface area contributed by atoms with Crippen molar-refractivity contribution in [3.05, 3.63) is 34.2 Å². The van der Waals surface area contributed by atoms with Crippen molar-refractivity contribution < 1.29 is 0 Å². The Bertz CT molecular complexity index is 425. The Hall–Kier alpha value is -0.870. The minimum absolute atomic E-state index is 0.554. The van der Waals surface area contributed by atoms with Gasteiger partial charge >= 0.3 is 0 Å². The highest BCUT2D eigenvalue weighted by Crippen LogP contribution is 2.33. The first kappa shape index (κ1) is 8.72. The maximum absolute atomic E-state index is 5.59. The molecule has 66 valence electrons. The van der Waals surface area contributed by atoms with Crippen LogP contribution in [0.5, 0.6) is 0 Å². The lowest BCUT2D eigenvalue weighted by Gasteiger charge is -1.98. The van der Waals surface area contributed by atoms with Crippen molar-refractivity contribution in [2.24, 2.45) is 0 Å². The van der Waals surface area contributed by atoms with Crippen LogP contribution in [0.15, 0.2) is 34.2 Å². The van der Waals surface area contributed by atoms with E-state index in [9.17, 15) is 0 Å². The van der Waals surface area contributed by atoms with Crippen molar-refractivity contribution in [2.75, 3.05) is 5.73 Å². The highest BCUT2D eigenvalue weighted by Gasteiger charge is 2.04. The molecule has 4 heteroatoms. The van der Waals surface area contributed by atoms with Crippen molar-refractivity contribution in [1.82, 2.24) is 4.98 Å². The summed E-state index contributed by atoms with van der Waals surface area (Å²) in [6.07, 6.45) is 1.72. The molecule has 0 aliphatic heterocycles. The highest BCUT2D eigenvalue weighted by atomic mass is 79.9.